The van der Waals surface area contributed by atoms with E-state index < -0.39 is 0 Å². The van der Waals surface area contributed by atoms with Crippen molar-refractivity contribution in [1.82, 2.24) is 9.38 Å². The Kier molecular flexibility index (Phi) is 4.88. The number of rotatable bonds is 5. The molecule has 5 heteroatoms. The number of thiophene rings is 1. The van der Waals surface area contributed by atoms with Gasteiger partial charge in [0.15, 0.2) is 0 Å². The van der Waals surface area contributed by atoms with Crippen molar-refractivity contribution in [2.45, 2.75) is 26.4 Å². The summed E-state index contributed by atoms with van der Waals surface area (Å²) in [6.07, 6.45) is 0. The summed E-state index contributed by atoms with van der Waals surface area (Å²) in [7, 11) is 0. The minimum absolute atomic E-state index is 0.0236. The molecule has 27 heavy (non-hydrogen) atoms. The Bertz CT molecular complexity index is 1110. The zero-order valence-corrected chi connectivity index (χ0v) is 16.2. The molecule has 2 N–H and O–H groups in total. The molecule has 3 aromatic heterocycles. The molecule has 0 radical (unpaired) electrons. The number of nitrogens with two attached hydrogens (primary N) is 1. The lowest BCUT2D eigenvalue weighted by atomic mass is 10.0. The number of benzene rings is 1. The second kappa shape index (κ2) is 7.47. The molecule has 1 atom stereocenters. The van der Waals surface area contributed by atoms with E-state index in [1.165, 1.54) is 16.0 Å². The van der Waals surface area contributed by atoms with Crippen molar-refractivity contribution >= 4 is 17.0 Å². The van der Waals surface area contributed by atoms with Gasteiger partial charge in [0.2, 0.25) is 0 Å². The van der Waals surface area contributed by atoms with Crippen molar-refractivity contribution in [3.8, 4) is 0 Å². The highest BCUT2D eigenvalue weighted by Gasteiger charge is 2.19. The Labute approximate surface area is 162 Å². The quantitative estimate of drug-likeness (QED) is 0.581. The first-order chi connectivity index (χ1) is 13.1. The normalized spacial score (nSPS) is 12.4. The van der Waals surface area contributed by atoms with Crippen LogP contribution in [0.5, 0.6) is 0 Å². The summed E-state index contributed by atoms with van der Waals surface area (Å²) in [6, 6.07) is 20.5. The van der Waals surface area contributed by atoms with E-state index in [0.717, 1.165) is 11.4 Å². The molecule has 4 aromatic rings. The predicted octanol–water partition coefficient (Wildman–Crippen LogP) is 3.23. The van der Waals surface area contributed by atoms with E-state index >= 15 is 0 Å². The maximum absolute atomic E-state index is 12.5. The highest BCUT2D eigenvalue weighted by Crippen LogP contribution is 2.23. The minimum atomic E-state index is -0.0236. The molecule has 0 spiro atoms. The van der Waals surface area contributed by atoms with E-state index in [9.17, 15) is 4.79 Å². The fourth-order valence-electron chi connectivity index (χ4n) is 3.37. The number of aryl methyl sites for hydroxylation is 2. The molecule has 1 aromatic carbocycles. The van der Waals surface area contributed by atoms with Gasteiger partial charge >= 0.3 is 0 Å². The van der Waals surface area contributed by atoms with Crippen molar-refractivity contribution in [1.29, 1.82) is 0 Å². The average Bonchev–Trinajstić information content (AvgIpc) is 3.17. The number of fused-ring (bicyclic) bond motifs is 1. The van der Waals surface area contributed by atoms with Gasteiger partial charge < -0.3 is 5.32 Å². The van der Waals surface area contributed by atoms with Crippen LogP contribution in [0.1, 0.15) is 33.4 Å². The Balaban J connectivity index is 1.64. The van der Waals surface area contributed by atoms with Crippen LogP contribution in [-0.2, 0) is 6.54 Å². The number of nitrogens with zero attached hydrogens (tertiary/aromatic N) is 2. The van der Waals surface area contributed by atoms with E-state index in [1.807, 2.05) is 25.1 Å². The van der Waals surface area contributed by atoms with Gasteiger partial charge in [0.1, 0.15) is 23.9 Å². The van der Waals surface area contributed by atoms with Gasteiger partial charge in [0.25, 0.3) is 5.56 Å². The van der Waals surface area contributed by atoms with Crippen molar-refractivity contribution in [3.05, 3.63) is 104 Å². The number of aromatic nitrogens is 2. The van der Waals surface area contributed by atoms with Gasteiger partial charge in [-0.15, -0.1) is 11.3 Å². The Morgan fingerprint density at radius 2 is 1.89 bits per heavy atom. The predicted molar refractivity (Wildman–Crippen MR) is 109 cm³/mol. The van der Waals surface area contributed by atoms with Crippen molar-refractivity contribution in [3.63, 3.8) is 0 Å². The molecule has 0 bridgehead atoms. The third-order valence-corrected chi connectivity index (χ3v) is 5.74. The number of quaternary nitrogens is 1. The van der Waals surface area contributed by atoms with Gasteiger partial charge in [-0.05, 0) is 37.4 Å². The van der Waals surface area contributed by atoms with Gasteiger partial charge in [-0.2, -0.15) is 0 Å². The highest BCUT2D eigenvalue weighted by atomic mass is 32.1. The molecular formula is C22H22N3OS+. The summed E-state index contributed by atoms with van der Waals surface area (Å²) in [4.78, 5) is 18.5. The first kappa shape index (κ1) is 17.6. The fraction of sp³-hybridized carbons (Fsp3) is 0.182. The molecule has 136 valence electrons. The Hall–Kier alpha value is -2.76. The Morgan fingerprint density at radius 1 is 1.07 bits per heavy atom. The fourth-order valence-corrected chi connectivity index (χ4v) is 4.22. The topological polar surface area (TPSA) is 51.0 Å². The minimum Gasteiger partial charge on any atom is -0.331 e. The second-order valence-corrected chi connectivity index (χ2v) is 7.77. The lowest BCUT2D eigenvalue weighted by Crippen LogP contribution is -2.84. The monoisotopic (exact) mass is 376 g/mol. The molecule has 0 fully saturated rings. The standard InChI is InChI=1S/C22H21N3OS/c1-15-8-10-17(11-9-15)22(19-6-4-12-27-19)23-14-18-13-21(26)25-16(2)5-3-7-20(25)24-18/h3-13,22-23H,14H2,1-2H3/p+1/t22-/m1/s1. The summed E-state index contributed by atoms with van der Waals surface area (Å²) in [5, 5.41) is 4.36. The molecule has 0 saturated heterocycles. The van der Waals surface area contributed by atoms with E-state index in [-0.39, 0.29) is 11.6 Å². The van der Waals surface area contributed by atoms with E-state index in [1.54, 1.807) is 21.8 Å². The smallest absolute Gasteiger partial charge is 0.258 e. The van der Waals surface area contributed by atoms with Gasteiger partial charge in [-0.3, -0.25) is 9.20 Å². The summed E-state index contributed by atoms with van der Waals surface area (Å²) < 4.78 is 1.65. The van der Waals surface area contributed by atoms with Gasteiger partial charge in [-0.1, -0.05) is 42.0 Å². The van der Waals surface area contributed by atoms with Crippen LogP contribution < -0.4 is 10.9 Å². The van der Waals surface area contributed by atoms with Gasteiger partial charge in [-0.25, -0.2) is 4.98 Å². The Morgan fingerprint density at radius 3 is 2.63 bits per heavy atom. The van der Waals surface area contributed by atoms with Crippen LogP contribution in [0.4, 0.5) is 0 Å². The van der Waals surface area contributed by atoms with Crippen LogP contribution in [0.3, 0.4) is 0 Å². The first-order valence-electron chi connectivity index (χ1n) is 9.03. The third kappa shape index (κ3) is 3.70. The van der Waals surface area contributed by atoms with Crippen LogP contribution in [-0.4, -0.2) is 9.38 Å². The van der Waals surface area contributed by atoms with E-state index in [4.69, 9.17) is 4.98 Å². The molecule has 0 amide bonds. The van der Waals surface area contributed by atoms with Crippen molar-refractivity contribution < 1.29 is 5.32 Å². The summed E-state index contributed by atoms with van der Waals surface area (Å²) >= 11 is 1.76. The molecule has 0 saturated carbocycles. The summed E-state index contributed by atoms with van der Waals surface area (Å²) in [5.41, 5.74) is 4.90. The maximum Gasteiger partial charge on any atom is 0.258 e. The number of hydrogen-bond acceptors (Lipinski definition) is 3. The molecule has 0 aliphatic rings. The SMILES string of the molecule is Cc1ccc([C@@H]([NH2+]Cc2cc(=O)n3c(C)cccc3n2)c2cccs2)cc1. The summed E-state index contributed by atoms with van der Waals surface area (Å²) in [6.45, 7) is 4.67. The van der Waals surface area contributed by atoms with Crippen molar-refractivity contribution in [2.24, 2.45) is 0 Å². The second-order valence-electron chi connectivity index (χ2n) is 6.79. The lowest BCUT2D eigenvalue weighted by molar-refractivity contribution is -0.702. The molecule has 3 heterocycles. The van der Waals surface area contributed by atoms with Gasteiger partial charge in [0, 0.05) is 17.3 Å². The molecule has 0 aliphatic carbocycles. The lowest BCUT2D eigenvalue weighted by Gasteiger charge is -2.15. The molecule has 0 unspecified atom stereocenters. The van der Waals surface area contributed by atoms with Gasteiger partial charge in [0.05, 0.1) is 4.88 Å². The largest absolute Gasteiger partial charge is 0.331 e. The van der Waals surface area contributed by atoms with E-state index in [2.05, 4.69) is 54.0 Å². The maximum atomic E-state index is 12.5. The molecular weight excluding hydrogens is 354 g/mol. The van der Waals surface area contributed by atoms with Crippen LogP contribution >= 0.6 is 11.3 Å². The zero-order chi connectivity index (χ0) is 18.8. The van der Waals surface area contributed by atoms with Crippen molar-refractivity contribution in [2.75, 3.05) is 0 Å². The number of hydrogen-bond donors (Lipinski definition) is 1. The molecule has 4 rings (SSSR count). The van der Waals surface area contributed by atoms with Crippen LogP contribution in [0.2, 0.25) is 0 Å². The van der Waals surface area contributed by atoms with E-state index in [0.29, 0.717) is 12.2 Å². The molecule has 4 nitrogen and oxygen atoms in total. The molecule has 0 aliphatic heterocycles. The highest BCUT2D eigenvalue weighted by molar-refractivity contribution is 7.10. The van der Waals surface area contributed by atoms with Crippen LogP contribution in [0.25, 0.3) is 5.65 Å². The van der Waals surface area contributed by atoms with Crippen LogP contribution in [0.15, 0.2) is 70.8 Å². The number of pyridine rings is 1. The van der Waals surface area contributed by atoms with Crippen LogP contribution in [0, 0.1) is 13.8 Å². The zero-order valence-electron chi connectivity index (χ0n) is 15.4. The average molecular weight is 377 g/mol. The third-order valence-electron chi connectivity index (χ3n) is 4.78. The first-order valence-corrected chi connectivity index (χ1v) is 9.91. The summed E-state index contributed by atoms with van der Waals surface area (Å²) in [5.74, 6) is 0.